The van der Waals surface area contributed by atoms with Crippen molar-refractivity contribution in [1.82, 2.24) is 4.90 Å². The topological polar surface area (TPSA) is 77.1 Å². The molecule has 0 bridgehead atoms. The van der Waals surface area contributed by atoms with Crippen molar-refractivity contribution in [2.75, 3.05) is 31.7 Å². The number of hydrogen-bond donors (Lipinski definition) is 1. The molecule has 2 aliphatic rings. The van der Waals surface area contributed by atoms with E-state index in [9.17, 15) is 9.59 Å². The van der Waals surface area contributed by atoms with E-state index in [2.05, 4.69) is 5.32 Å². The van der Waals surface area contributed by atoms with Gasteiger partial charge in [0, 0.05) is 12.3 Å². The Balaban J connectivity index is 1.42. The lowest BCUT2D eigenvalue weighted by molar-refractivity contribution is -0.123. The number of thiocarbonyl (C=S) groups is 1. The monoisotopic (exact) mass is 512 g/mol. The summed E-state index contributed by atoms with van der Waals surface area (Å²) in [6.07, 6.45) is 3.79. The summed E-state index contributed by atoms with van der Waals surface area (Å²) in [6.45, 7) is 5.30. The molecule has 0 aromatic heterocycles. The number of benzene rings is 2. The molecule has 2 aromatic rings. The number of thioether (sulfide) groups is 1. The SMILES string of the molecule is CCOc1cc(/C=C2\SC(=S)N(C[C@@H]3CCCO3)C2=O)ccc1OCC(=O)Nc1ccccc1C. The van der Waals surface area contributed by atoms with Gasteiger partial charge in [-0.1, -0.05) is 48.2 Å². The summed E-state index contributed by atoms with van der Waals surface area (Å²) >= 11 is 6.72. The molecule has 2 heterocycles. The summed E-state index contributed by atoms with van der Waals surface area (Å²) in [4.78, 5) is 27.5. The van der Waals surface area contributed by atoms with Gasteiger partial charge in [0.2, 0.25) is 0 Å². The van der Waals surface area contributed by atoms with E-state index in [1.807, 2.05) is 44.2 Å². The minimum absolute atomic E-state index is 0.0424. The number of nitrogens with zero attached hydrogens (tertiary/aromatic N) is 1. The van der Waals surface area contributed by atoms with Crippen LogP contribution in [0.2, 0.25) is 0 Å². The van der Waals surface area contributed by atoms with Crippen LogP contribution in [0.4, 0.5) is 5.69 Å². The standard InChI is InChI=1S/C26H28N2O5S2/c1-3-31-22-13-18(14-23-25(30)28(26(34)35-23)15-19-8-6-12-32-19)10-11-21(22)33-16-24(29)27-20-9-5-4-7-17(20)2/h4-5,7,9-11,13-14,19H,3,6,8,12,15-16H2,1-2H3,(H,27,29)/b23-14-/t19-/m0/s1. The van der Waals surface area contributed by atoms with E-state index in [0.717, 1.165) is 36.3 Å². The van der Waals surface area contributed by atoms with Crippen molar-refractivity contribution < 1.29 is 23.8 Å². The van der Waals surface area contributed by atoms with Gasteiger partial charge in [0.1, 0.15) is 4.32 Å². The molecule has 184 valence electrons. The molecule has 7 nitrogen and oxygen atoms in total. The fourth-order valence-electron chi connectivity index (χ4n) is 3.85. The van der Waals surface area contributed by atoms with Crippen LogP contribution >= 0.6 is 24.0 Å². The Morgan fingerprint density at radius 3 is 2.83 bits per heavy atom. The zero-order chi connectivity index (χ0) is 24.8. The summed E-state index contributed by atoms with van der Waals surface area (Å²) in [7, 11) is 0. The van der Waals surface area contributed by atoms with Crippen molar-refractivity contribution in [3.63, 3.8) is 0 Å². The van der Waals surface area contributed by atoms with Gasteiger partial charge in [0.05, 0.1) is 24.2 Å². The van der Waals surface area contributed by atoms with Crippen LogP contribution in [0.3, 0.4) is 0 Å². The van der Waals surface area contributed by atoms with Gasteiger partial charge in [-0.15, -0.1) is 0 Å². The van der Waals surface area contributed by atoms with Gasteiger partial charge in [-0.2, -0.15) is 0 Å². The largest absolute Gasteiger partial charge is 0.490 e. The molecule has 4 rings (SSSR count). The molecule has 9 heteroatoms. The van der Waals surface area contributed by atoms with Crippen molar-refractivity contribution >= 4 is 51.9 Å². The van der Waals surface area contributed by atoms with Gasteiger partial charge in [0.15, 0.2) is 18.1 Å². The first-order valence-electron chi connectivity index (χ1n) is 11.6. The highest BCUT2D eigenvalue weighted by atomic mass is 32.2. The third-order valence-electron chi connectivity index (χ3n) is 5.63. The molecule has 2 amide bonds. The number of rotatable bonds is 9. The van der Waals surface area contributed by atoms with Crippen LogP contribution in [0.15, 0.2) is 47.4 Å². The molecule has 2 aromatic carbocycles. The highest BCUT2D eigenvalue weighted by Gasteiger charge is 2.34. The lowest BCUT2D eigenvalue weighted by Crippen LogP contribution is -2.35. The van der Waals surface area contributed by atoms with E-state index >= 15 is 0 Å². The predicted octanol–water partition coefficient (Wildman–Crippen LogP) is 4.79. The molecule has 2 fully saturated rings. The number of anilines is 1. The second kappa shape index (κ2) is 11.7. The molecular formula is C26H28N2O5S2. The number of carbonyl (C=O) groups is 2. The maximum Gasteiger partial charge on any atom is 0.266 e. The smallest absolute Gasteiger partial charge is 0.266 e. The Hall–Kier alpha value is -2.88. The number of para-hydroxylation sites is 1. The zero-order valence-corrected chi connectivity index (χ0v) is 21.4. The van der Waals surface area contributed by atoms with Gasteiger partial charge in [-0.05, 0) is 62.1 Å². The Morgan fingerprint density at radius 1 is 1.26 bits per heavy atom. The number of ether oxygens (including phenoxy) is 3. The first kappa shape index (κ1) is 25.2. The average Bonchev–Trinajstić information content (AvgIpc) is 3.44. The van der Waals surface area contributed by atoms with Crippen molar-refractivity contribution in [1.29, 1.82) is 0 Å². The van der Waals surface area contributed by atoms with E-state index < -0.39 is 0 Å². The van der Waals surface area contributed by atoms with Crippen molar-refractivity contribution in [3.8, 4) is 11.5 Å². The van der Waals surface area contributed by atoms with E-state index in [0.29, 0.717) is 33.9 Å². The third-order valence-corrected chi connectivity index (χ3v) is 7.00. The molecule has 0 radical (unpaired) electrons. The van der Waals surface area contributed by atoms with E-state index in [-0.39, 0.29) is 24.5 Å². The Bertz CT molecular complexity index is 1140. The molecule has 35 heavy (non-hydrogen) atoms. The van der Waals surface area contributed by atoms with Gasteiger partial charge in [-0.25, -0.2) is 0 Å². The van der Waals surface area contributed by atoms with E-state index in [4.69, 9.17) is 26.4 Å². The quantitative estimate of drug-likeness (QED) is 0.382. The van der Waals surface area contributed by atoms with Crippen LogP contribution in [-0.2, 0) is 14.3 Å². The average molecular weight is 513 g/mol. The third kappa shape index (κ3) is 6.42. The minimum Gasteiger partial charge on any atom is -0.490 e. The number of hydrogen-bond acceptors (Lipinski definition) is 7. The molecule has 2 aliphatic heterocycles. The Labute approximate surface area is 214 Å². The lowest BCUT2D eigenvalue weighted by Gasteiger charge is -2.18. The van der Waals surface area contributed by atoms with Crippen molar-refractivity contribution in [2.24, 2.45) is 0 Å². The van der Waals surface area contributed by atoms with Gasteiger partial charge >= 0.3 is 0 Å². The molecule has 2 saturated heterocycles. The summed E-state index contributed by atoms with van der Waals surface area (Å²) in [6, 6.07) is 12.9. The van der Waals surface area contributed by atoms with Gasteiger partial charge < -0.3 is 19.5 Å². The van der Waals surface area contributed by atoms with E-state index in [1.165, 1.54) is 11.8 Å². The Kier molecular flexibility index (Phi) is 8.43. The van der Waals surface area contributed by atoms with Crippen LogP contribution in [-0.4, -0.2) is 53.5 Å². The fraction of sp³-hybridized carbons (Fsp3) is 0.346. The summed E-state index contributed by atoms with van der Waals surface area (Å²) in [5.41, 5.74) is 2.50. The number of aryl methyl sites for hydroxylation is 1. The van der Waals surface area contributed by atoms with Crippen LogP contribution < -0.4 is 14.8 Å². The fourth-order valence-corrected chi connectivity index (χ4v) is 5.12. The predicted molar refractivity (Wildman–Crippen MR) is 142 cm³/mol. The van der Waals surface area contributed by atoms with Gasteiger partial charge in [0.25, 0.3) is 11.8 Å². The highest BCUT2D eigenvalue weighted by Crippen LogP contribution is 2.35. The van der Waals surface area contributed by atoms with Crippen molar-refractivity contribution in [3.05, 3.63) is 58.5 Å². The normalized spacial score (nSPS) is 18.9. The summed E-state index contributed by atoms with van der Waals surface area (Å²) in [5, 5.41) is 2.85. The summed E-state index contributed by atoms with van der Waals surface area (Å²) in [5.74, 6) is 0.581. The van der Waals surface area contributed by atoms with Crippen molar-refractivity contribution in [2.45, 2.75) is 32.8 Å². The molecule has 0 saturated carbocycles. The molecule has 1 N–H and O–H groups in total. The van der Waals surface area contributed by atoms with E-state index in [1.54, 1.807) is 23.1 Å². The van der Waals surface area contributed by atoms with Crippen LogP contribution in [0, 0.1) is 6.92 Å². The maximum absolute atomic E-state index is 12.9. The number of carbonyl (C=O) groups excluding carboxylic acids is 2. The lowest BCUT2D eigenvalue weighted by atomic mass is 10.1. The van der Waals surface area contributed by atoms with Crippen LogP contribution in [0.5, 0.6) is 11.5 Å². The van der Waals surface area contributed by atoms with Gasteiger partial charge in [-0.3, -0.25) is 14.5 Å². The number of amides is 2. The molecule has 1 atom stereocenters. The first-order valence-corrected chi connectivity index (χ1v) is 12.8. The number of nitrogens with one attached hydrogen (secondary N) is 1. The molecule has 0 spiro atoms. The second-order valence-corrected chi connectivity index (χ2v) is 9.89. The summed E-state index contributed by atoms with van der Waals surface area (Å²) < 4.78 is 17.7. The molecule has 0 unspecified atom stereocenters. The zero-order valence-electron chi connectivity index (χ0n) is 19.7. The minimum atomic E-state index is -0.263. The van der Waals surface area contributed by atoms with Crippen LogP contribution in [0.25, 0.3) is 6.08 Å². The first-order chi connectivity index (χ1) is 16.9. The van der Waals surface area contributed by atoms with Crippen LogP contribution in [0.1, 0.15) is 30.9 Å². The second-order valence-electron chi connectivity index (χ2n) is 8.22. The Morgan fingerprint density at radius 2 is 2.09 bits per heavy atom. The molecule has 0 aliphatic carbocycles. The molecular weight excluding hydrogens is 484 g/mol. The maximum atomic E-state index is 12.9. The highest BCUT2D eigenvalue weighted by molar-refractivity contribution is 8.26.